The van der Waals surface area contributed by atoms with Crippen molar-refractivity contribution in [3.05, 3.63) is 0 Å². The van der Waals surface area contributed by atoms with Gasteiger partial charge in [-0.25, -0.2) is 4.79 Å². The summed E-state index contributed by atoms with van der Waals surface area (Å²) in [7, 11) is 0. The molecule has 4 nitrogen and oxygen atoms in total. The van der Waals surface area contributed by atoms with Crippen LogP contribution in [0.4, 0.5) is 4.79 Å². The molecule has 0 aromatic rings. The number of hydrogen-bond donors (Lipinski definition) is 1. The Hall–Kier alpha value is -1.21. The van der Waals surface area contributed by atoms with Gasteiger partial charge in [-0.1, -0.05) is 0 Å². The number of carbonyl (C=O) groups is 1. The predicted molar refractivity (Wildman–Crippen MR) is 58.5 cm³/mol. The minimum absolute atomic E-state index is 0.428. The lowest BCUT2D eigenvalue weighted by Crippen LogP contribution is -2.34. The third kappa shape index (κ3) is 10.7. The highest BCUT2D eigenvalue weighted by Crippen LogP contribution is 2.05. The molecule has 0 saturated heterocycles. The molecule has 1 N–H and O–H groups in total. The van der Waals surface area contributed by atoms with Gasteiger partial charge in [0.2, 0.25) is 0 Å². The summed E-state index contributed by atoms with van der Waals surface area (Å²) in [5, 5.41) is 2.58. The number of terminal acetylenes is 1. The van der Waals surface area contributed by atoms with Gasteiger partial charge in [-0.05, 0) is 20.8 Å². The molecule has 0 aliphatic heterocycles. The quantitative estimate of drug-likeness (QED) is 0.557. The van der Waals surface area contributed by atoms with E-state index in [1.54, 1.807) is 0 Å². The predicted octanol–water partition coefficient (Wildman–Crippen LogP) is 1.55. The van der Waals surface area contributed by atoms with Crippen LogP contribution in [0.3, 0.4) is 0 Å². The van der Waals surface area contributed by atoms with E-state index in [1.807, 2.05) is 20.8 Å². The van der Waals surface area contributed by atoms with Crippen molar-refractivity contribution in [3.8, 4) is 12.3 Å². The van der Waals surface area contributed by atoms with Crippen molar-refractivity contribution in [2.75, 3.05) is 19.8 Å². The number of alkyl carbamates (subject to hydrolysis) is 1. The average Bonchev–Trinajstić information content (AvgIpc) is 2.08. The third-order valence-electron chi connectivity index (χ3n) is 1.31. The monoisotopic (exact) mass is 213 g/mol. The highest BCUT2D eigenvalue weighted by atomic mass is 16.6. The van der Waals surface area contributed by atoms with E-state index in [1.165, 1.54) is 0 Å². The van der Waals surface area contributed by atoms with Crippen LogP contribution < -0.4 is 5.32 Å². The van der Waals surface area contributed by atoms with Gasteiger partial charge in [0.1, 0.15) is 5.60 Å². The number of carbonyl (C=O) groups excluding carboxylic acids is 1. The maximum Gasteiger partial charge on any atom is 0.407 e. The van der Waals surface area contributed by atoms with Crippen LogP contribution in [0, 0.1) is 12.3 Å². The van der Waals surface area contributed by atoms with E-state index in [0.717, 1.165) is 0 Å². The summed E-state index contributed by atoms with van der Waals surface area (Å²) in [6.45, 7) is 6.84. The first-order chi connectivity index (χ1) is 6.95. The maximum absolute atomic E-state index is 11.1. The summed E-state index contributed by atoms with van der Waals surface area (Å²) < 4.78 is 10.2. The van der Waals surface area contributed by atoms with Gasteiger partial charge in [0, 0.05) is 13.0 Å². The van der Waals surface area contributed by atoms with Crippen molar-refractivity contribution in [2.24, 2.45) is 0 Å². The van der Waals surface area contributed by atoms with Gasteiger partial charge in [0.15, 0.2) is 0 Å². The zero-order chi connectivity index (χ0) is 11.7. The van der Waals surface area contributed by atoms with E-state index in [9.17, 15) is 4.79 Å². The molecule has 0 saturated carbocycles. The van der Waals surface area contributed by atoms with Crippen LogP contribution in [0.5, 0.6) is 0 Å². The number of ether oxygens (including phenoxy) is 2. The molecule has 0 atom stereocenters. The molecule has 0 spiro atoms. The molecule has 1 amide bonds. The van der Waals surface area contributed by atoms with Gasteiger partial charge in [-0.15, -0.1) is 12.3 Å². The molecule has 15 heavy (non-hydrogen) atoms. The number of amides is 1. The molecular formula is C11H19NO3. The van der Waals surface area contributed by atoms with Crippen molar-refractivity contribution < 1.29 is 14.3 Å². The first kappa shape index (κ1) is 13.8. The Morgan fingerprint density at radius 3 is 2.60 bits per heavy atom. The second-order valence-corrected chi connectivity index (χ2v) is 4.00. The topological polar surface area (TPSA) is 47.6 Å². The van der Waals surface area contributed by atoms with Crippen molar-refractivity contribution in [1.29, 1.82) is 0 Å². The largest absolute Gasteiger partial charge is 0.444 e. The minimum Gasteiger partial charge on any atom is -0.444 e. The SMILES string of the molecule is C#CCCOCCNC(=O)OC(C)(C)C. The first-order valence-electron chi connectivity index (χ1n) is 4.94. The van der Waals surface area contributed by atoms with Crippen LogP contribution >= 0.6 is 0 Å². The highest BCUT2D eigenvalue weighted by molar-refractivity contribution is 5.67. The standard InChI is InChI=1S/C11H19NO3/c1-5-6-8-14-9-7-12-10(13)15-11(2,3)4/h1H,6-9H2,2-4H3,(H,12,13). The fraction of sp³-hybridized carbons (Fsp3) is 0.727. The molecular weight excluding hydrogens is 194 g/mol. The molecule has 0 heterocycles. The van der Waals surface area contributed by atoms with Crippen molar-refractivity contribution in [1.82, 2.24) is 5.32 Å². The Labute approximate surface area is 91.3 Å². The summed E-state index contributed by atoms with van der Waals surface area (Å²) in [4.78, 5) is 11.1. The van der Waals surface area contributed by atoms with E-state index < -0.39 is 11.7 Å². The fourth-order valence-corrected chi connectivity index (χ4v) is 0.773. The summed E-state index contributed by atoms with van der Waals surface area (Å²) in [5.74, 6) is 2.46. The molecule has 0 rings (SSSR count). The zero-order valence-electron chi connectivity index (χ0n) is 9.63. The van der Waals surface area contributed by atoms with Gasteiger partial charge in [0.25, 0.3) is 0 Å². The van der Waals surface area contributed by atoms with E-state index in [4.69, 9.17) is 15.9 Å². The molecule has 0 aliphatic carbocycles. The second-order valence-electron chi connectivity index (χ2n) is 4.00. The molecule has 86 valence electrons. The summed E-state index contributed by atoms with van der Waals surface area (Å²) in [6.07, 6.45) is 5.20. The van der Waals surface area contributed by atoms with Gasteiger partial charge >= 0.3 is 6.09 Å². The lowest BCUT2D eigenvalue weighted by molar-refractivity contribution is 0.0501. The lowest BCUT2D eigenvalue weighted by Gasteiger charge is -2.19. The Kier molecular flexibility index (Phi) is 6.56. The van der Waals surface area contributed by atoms with Crippen molar-refractivity contribution in [3.63, 3.8) is 0 Å². The zero-order valence-corrected chi connectivity index (χ0v) is 9.63. The number of rotatable bonds is 5. The van der Waals surface area contributed by atoms with Crippen LogP contribution in [0.15, 0.2) is 0 Å². The first-order valence-corrected chi connectivity index (χ1v) is 4.94. The van der Waals surface area contributed by atoms with Gasteiger partial charge in [0.05, 0.1) is 13.2 Å². The molecule has 4 heteroatoms. The van der Waals surface area contributed by atoms with E-state index in [2.05, 4.69) is 11.2 Å². The minimum atomic E-state index is -0.464. The van der Waals surface area contributed by atoms with Crippen LogP contribution in [0.2, 0.25) is 0 Å². The Morgan fingerprint density at radius 2 is 2.07 bits per heavy atom. The summed E-state index contributed by atoms with van der Waals surface area (Å²) >= 11 is 0. The Bertz CT molecular complexity index is 225. The lowest BCUT2D eigenvalue weighted by atomic mass is 10.2. The molecule has 0 aromatic heterocycles. The van der Waals surface area contributed by atoms with Gasteiger partial charge < -0.3 is 14.8 Å². The Balaban J connectivity index is 3.37. The Morgan fingerprint density at radius 1 is 1.40 bits per heavy atom. The summed E-state index contributed by atoms with van der Waals surface area (Å²) in [5.41, 5.74) is -0.464. The average molecular weight is 213 g/mol. The fourth-order valence-electron chi connectivity index (χ4n) is 0.773. The molecule has 0 radical (unpaired) electrons. The third-order valence-corrected chi connectivity index (χ3v) is 1.31. The normalized spacial score (nSPS) is 10.5. The number of nitrogens with one attached hydrogen (secondary N) is 1. The summed E-state index contributed by atoms with van der Waals surface area (Å²) in [6, 6.07) is 0. The maximum atomic E-state index is 11.1. The van der Waals surface area contributed by atoms with E-state index in [-0.39, 0.29) is 0 Å². The van der Waals surface area contributed by atoms with Gasteiger partial charge in [-0.3, -0.25) is 0 Å². The van der Waals surface area contributed by atoms with Crippen LogP contribution in [0.1, 0.15) is 27.2 Å². The molecule has 0 aliphatic rings. The van der Waals surface area contributed by atoms with Crippen molar-refractivity contribution >= 4 is 6.09 Å². The van der Waals surface area contributed by atoms with Crippen LogP contribution in [-0.4, -0.2) is 31.5 Å². The smallest absolute Gasteiger partial charge is 0.407 e. The van der Waals surface area contributed by atoms with Crippen LogP contribution in [-0.2, 0) is 9.47 Å². The second kappa shape index (κ2) is 7.13. The van der Waals surface area contributed by atoms with E-state index in [0.29, 0.717) is 26.2 Å². The van der Waals surface area contributed by atoms with Crippen molar-refractivity contribution in [2.45, 2.75) is 32.8 Å². The molecule has 0 fully saturated rings. The van der Waals surface area contributed by atoms with Gasteiger partial charge in [-0.2, -0.15) is 0 Å². The van der Waals surface area contributed by atoms with E-state index >= 15 is 0 Å². The molecule has 0 aromatic carbocycles. The highest BCUT2D eigenvalue weighted by Gasteiger charge is 2.15. The van der Waals surface area contributed by atoms with Crippen LogP contribution in [0.25, 0.3) is 0 Å². The molecule has 0 unspecified atom stereocenters. The number of hydrogen-bond acceptors (Lipinski definition) is 3. The molecule has 0 bridgehead atoms.